The Morgan fingerprint density at radius 1 is 0.827 bits per heavy atom. The monoisotopic (exact) mass is 1360 g/mol. The third-order valence-corrected chi connectivity index (χ3v) is 21.9. The van der Waals surface area contributed by atoms with Crippen LogP contribution in [0.25, 0.3) is 21.3 Å². The number of nitrogens with one attached hydrogen (secondary N) is 5. The Bertz CT molecular complexity index is 4050. The number of carboxylic acids is 1. The van der Waals surface area contributed by atoms with Crippen LogP contribution in [0.4, 0.5) is 33.1 Å². The number of quaternary nitrogens is 1. The molecule has 0 spiro atoms. The van der Waals surface area contributed by atoms with E-state index < -0.39 is 53.6 Å². The number of pyridine rings is 1. The topological polar surface area (TPSA) is 323 Å². The molecule has 4 bridgehead atoms. The predicted octanol–water partition coefficient (Wildman–Crippen LogP) is 7.75. The van der Waals surface area contributed by atoms with Gasteiger partial charge in [0.25, 0.3) is 11.8 Å². The highest BCUT2D eigenvalue weighted by Crippen LogP contribution is 2.72. The summed E-state index contributed by atoms with van der Waals surface area (Å²) < 4.78 is 17.0. The Labute approximate surface area is 575 Å². The average molecular weight is 1360 g/mol. The number of fused-ring (bicyclic) bond motifs is 2. The molecule has 2 unspecified atom stereocenters. The summed E-state index contributed by atoms with van der Waals surface area (Å²) in [4.78, 5) is 102. The summed E-state index contributed by atoms with van der Waals surface area (Å²) in [5, 5.41) is 42.7. The van der Waals surface area contributed by atoms with Gasteiger partial charge in [0, 0.05) is 90.2 Å². The Kier molecular flexibility index (Phi) is 19.9. The zero-order valence-corrected chi connectivity index (χ0v) is 58.0. The van der Waals surface area contributed by atoms with Gasteiger partial charge in [-0.15, -0.1) is 10.2 Å². The highest BCUT2D eigenvalue weighted by atomic mass is 32.1. The van der Waals surface area contributed by atoms with E-state index in [1.807, 2.05) is 55.1 Å². The first-order valence-electron chi connectivity index (χ1n) is 34.5. The van der Waals surface area contributed by atoms with Crippen molar-refractivity contribution < 1.29 is 52.6 Å². The first-order valence-corrected chi connectivity index (χ1v) is 35.3. The standard InChI is InChI=1S/C72H91N15O10S/c1-44(2)60(80-57(88)24-31-96-32-27-85-58(89)22-23-59(85)90)65(92)77-53(13-10-25-74-67(73)95)64(91)76-49-17-15-48(16-18-49)36-87(28-8-9-29-87)30-33-97-72-40-69(6)37-70(7,41-72)39-71(38-69,42-72)43-86-47(5)52(35-75-86)51-19-21-56(79-61(51)66(93)94)84-26-11-12-50-46(4)62(82-83-63(50)84)81-68-78-54-34-45(3)14-20-55(54)98-68/h14-23,34-35,44,53,60H,8-13,24-33,36-43H2,1-7H3,(H7-,73,74,76,77,78,80,81,82,88,91,92,93,94,95)/t53-,60-,69?,70?,71?,72?/m0/s1. The number of nitrogens with two attached hydrogens (primary N) is 1. The van der Waals surface area contributed by atoms with Crippen molar-refractivity contribution in [3.63, 3.8) is 0 Å². The number of rotatable bonds is 29. The van der Waals surface area contributed by atoms with Crippen LogP contribution in [-0.2, 0) is 53.0 Å². The fraction of sp³-hybridized carbons (Fsp3) is 0.528. The van der Waals surface area contributed by atoms with E-state index in [0.29, 0.717) is 60.4 Å². The number of benzene rings is 2. The summed E-state index contributed by atoms with van der Waals surface area (Å²) in [6.07, 6.45) is 14.6. The minimum atomic E-state index is -1.37. The smallest absolute Gasteiger partial charge is 0.312 e. The van der Waals surface area contributed by atoms with Gasteiger partial charge in [0.15, 0.2) is 16.8 Å². The van der Waals surface area contributed by atoms with Crippen molar-refractivity contribution in [1.82, 2.24) is 50.8 Å². The number of primary amides is 1. The van der Waals surface area contributed by atoms with Crippen LogP contribution in [0.3, 0.4) is 0 Å². The highest BCUT2D eigenvalue weighted by molar-refractivity contribution is 7.22. The van der Waals surface area contributed by atoms with Crippen LogP contribution in [0.2, 0.25) is 0 Å². The maximum atomic E-state index is 14.0. The number of carbonyl (C=O) groups is 7. The molecule has 0 radical (unpaired) electrons. The number of aromatic carboxylic acids is 1. The molecule has 4 atom stereocenters. The number of carbonyl (C=O) groups excluding carboxylic acids is 7. The number of nitrogens with zero attached hydrogens (tertiary/aromatic N) is 9. The van der Waals surface area contributed by atoms with Crippen LogP contribution in [0.1, 0.15) is 143 Å². The largest absolute Gasteiger partial charge is 0.543 e. The number of hydrogen-bond acceptors (Lipinski definition) is 18. The summed E-state index contributed by atoms with van der Waals surface area (Å²) in [6, 6.07) is 15.0. The van der Waals surface area contributed by atoms with Crippen LogP contribution in [0.15, 0.2) is 72.9 Å². The molecule has 4 aliphatic carbocycles. The van der Waals surface area contributed by atoms with Crippen LogP contribution in [0.5, 0.6) is 0 Å². The Balaban J connectivity index is 0.671. The third-order valence-electron chi connectivity index (χ3n) is 21.0. The number of aromatic nitrogens is 6. The highest BCUT2D eigenvalue weighted by Gasteiger charge is 2.66. The molecule has 3 aliphatic heterocycles. The van der Waals surface area contributed by atoms with E-state index in [2.05, 4.69) is 75.3 Å². The number of hydrogen-bond donors (Lipinski definition) is 6. The molecule has 13 rings (SSSR count). The predicted molar refractivity (Wildman–Crippen MR) is 369 cm³/mol. The van der Waals surface area contributed by atoms with E-state index in [9.17, 15) is 38.7 Å². The van der Waals surface area contributed by atoms with Gasteiger partial charge >= 0.3 is 6.03 Å². The lowest BCUT2D eigenvalue weighted by Crippen LogP contribution is -2.64. The fourth-order valence-electron chi connectivity index (χ4n) is 17.6. The van der Waals surface area contributed by atoms with E-state index in [-0.39, 0.29) is 72.6 Å². The van der Waals surface area contributed by atoms with Gasteiger partial charge in [-0.25, -0.2) is 14.8 Å². The van der Waals surface area contributed by atoms with Gasteiger partial charge < -0.3 is 61.1 Å². The normalized spacial score (nSPS) is 22.7. The van der Waals surface area contributed by atoms with Gasteiger partial charge in [0.1, 0.15) is 31.0 Å². The second-order valence-electron chi connectivity index (χ2n) is 29.6. The van der Waals surface area contributed by atoms with E-state index >= 15 is 0 Å². The molecule has 26 heteroatoms. The Morgan fingerprint density at radius 2 is 1.57 bits per heavy atom. The second-order valence-corrected chi connectivity index (χ2v) is 30.6. The molecule has 7 amide bonds. The summed E-state index contributed by atoms with van der Waals surface area (Å²) in [6.45, 7) is 20.4. The molecular formula is C72H91N15O10S. The van der Waals surface area contributed by atoms with E-state index in [0.717, 1.165) is 143 Å². The molecule has 5 fully saturated rings. The summed E-state index contributed by atoms with van der Waals surface area (Å²) in [7, 11) is 0. The molecule has 4 saturated carbocycles. The molecule has 7 aliphatic rings. The summed E-state index contributed by atoms with van der Waals surface area (Å²) in [5.41, 5.74) is 12.7. The number of anilines is 5. The summed E-state index contributed by atoms with van der Waals surface area (Å²) in [5.74, 6) is -2.29. The lowest BCUT2D eigenvalue weighted by atomic mass is 9.39. The molecule has 6 aromatic rings. The number of urea groups is 1. The molecular weight excluding hydrogens is 1270 g/mol. The van der Waals surface area contributed by atoms with Gasteiger partial charge in [0.05, 0.1) is 73.1 Å². The second kappa shape index (κ2) is 28.3. The van der Waals surface area contributed by atoms with E-state index in [4.69, 9.17) is 35.4 Å². The number of amides is 7. The first kappa shape index (κ1) is 69.2. The molecule has 7 N–H and O–H groups in total. The van der Waals surface area contributed by atoms with Crippen molar-refractivity contribution in [2.75, 3.05) is 74.6 Å². The lowest BCUT2D eigenvalue weighted by Gasteiger charge is -2.69. The Hall–Kier alpha value is -8.72. The number of thiazole rings is 1. The molecule has 4 aromatic heterocycles. The molecule has 2 aromatic carbocycles. The number of likely N-dealkylation sites (tertiary alicyclic amines) is 1. The number of carboxylic acid groups (broad SMARTS) is 1. The van der Waals surface area contributed by atoms with Gasteiger partial charge in [-0.3, -0.25) is 33.6 Å². The van der Waals surface area contributed by atoms with Gasteiger partial charge in [-0.2, -0.15) is 5.10 Å². The van der Waals surface area contributed by atoms with Crippen molar-refractivity contribution >= 4 is 91.4 Å². The quantitative estimate of drug-likeness (QED) is 0.0148. The third kappa shape index (κ3) is 15.3. The summed E-state index contributed by atoms with van der Waals surface area (Å²) >= 11 is 1.56. The van der Waals surface area contributed by atoms with E-state index in [1.165, 1.54) is 12.2 Å². The van der Waals surface area contributed by atoms with Gasteiger partial charge in [0.2, 0.25) is 17.7 Å². The minimum absolute atomic E-state index is 0.00808. The van der Waals surface area contributed by atoms with Crippen molar-refractivity contribution in [3.8, 4) is 11.1 Å². The molecule has 98 heavy (non-hydrogen) atoms. The Morgan fingerprint density at radius 3 is 2.29 bits per heavy atom. The van der Waals surface area contributed by atoms with Gasteiger partial charge in [-0.05, 0) is 149 Å². The van der Waals surface area contributed by atoms with E-state index in [1.54, 1.807) is 31.4 Å². The minimum Gasteiger partial charge on any atom is -0.543 e. The van der Waals surface area contributed by atoms with Crippen molar-refractivity contribution in [1.29, 1.82) is 0 Å². The van der Waals surface area contributed by atoms with Crippen molar-refractivity contribution in [3.05, 3.63) is 107 Å². The molecule has 1 saturated heterocycles. The number of aryl methyl sites for hydroxylation is 1. The number of imide groups is 1. The zero-order chi connectivity index (χ0) is 69.3. The van der Waals surface area contributed by atoms with Crippen LogP contribution in [0, 0.1) is 42.9 Å². The maximum Gasteiger partial charge on any atom is 0.312 e. The average Bonchev–Trinajstić information content (AvgIpc) is 0.824. The van der Waals surface area contributed by atoms with Crippen LogP contribution >= 0.6 is 11.3 Å². The molecule has 7 heterocycles. The fourth-order valence-corrected chi connectivity index (χ4v) is 18.4. The van der Waals surface area contributed by atoms with Crippen molar-refractivity contribution in [2.45, 2.75) is 163 Å². The van der Waals surface area contributed by atoms with Crippen LogP contribution < -0.4 is 42.3 Å². The zero-order valence-electron chi connectivity index (χ0n) is 57.2. The molecule has 520 valence electrons. The SMILES string of the molecule is Cc1ccc2sc(Nc3nnc4c(c3C)CCCN4c3ccc(-c4cnn(CC56CC7(C)CC(C)(C5)CC(OCC[N+]5(Cc8ccc(NC(=O)[C@H](CCCNC(N)=O)NC(=O)[C@@H](NC(=O)CCOCCN9C(=O)C=CC9=O)C(C)C)cc8)CCCC5)(C7)C6)c4C)c(C(=O)[O-])n3)nc2c1. The van der Waals surface area contributed by atoms with Crippen LogP contribution in [-0.4, -0.2) is 158 Å². The number of ether oxygens (including phenoxy) is 2. The first-order chi connectivity index (χ1) is 46.8. The molecule has 25 nitrogen and oxygen atoms in total. The van der Waals surface area contributed by atoms with Crippen molar-refractivity contribution in [2.24, 2.45) is 27.9 Å². The van der Waals surface area contributed by atoms with Gasteiger partial charge in [-0.1, -0.05) is 57.2 Å². The maximum absolute atomic E-state index is 14.0. The lowest BCUT2D eigenvalue weighted by molar-refractivity contribution is -0.930.